The SMILES string of the molecule is COCC(F)(F)c1nnc2n1-c1ccc(Cl)cc1[C@@H](c1cccc(OC)c1Cl)O[C@@H]2CC(=O)O. The molecule has 8 nitrogen and oxygen atoms in total. The van der Waals surface area contributed by atoms with Crippen LogP contribution in [0.5, 0.6) is 5.75 Å². The first kappa shape index (κ1) is 24.3. The molecule has 0 saturated carbocycles. The molecule has 0 bridgehead atoms. The average molecular weight is 514 g/mol. The molecule has 1 aliphatic heterocycles. The molecule has 2 atom stereocenters. The van der Waals surface area contributed by atoms with Crippen LogP contribution in [0.1, 0.15) is 41.4 Å². The molecular formula is C22H19Cl2F2N3O5. The van der Waals surface area contributed by atoms with Crippen LogP contribution in [-0.4, -0.2) is 46.7 Å². The summed E-state index contributed by atoms with van der Waals surface area (Å²) in [4.78, 5) is 11.7. The van der Waals surface area contributed by atoms with Gasteiger partial charge < -0.3 is 19.3 Å². The second-order valence-electron chi connectivity index (χ2n) is 7.52. The maximum Gasteiger partial charge on any atom is 0.329 e. The number of carboxylic acids is 1. The highest BCUT2D eigenvalue weighted by atomic mass is 35.5. The summed E-state index contributed by atoms with van der Waals surface area (Å²) < 4.78 is 47.3. The summed E-state index contributed by atoms with van der Waals surface area (Å²) in [5.74, 6) is -5.21. The fraction of sp³-hybridized carbons (Fsp3) is 0.318. The van der Waals surface area contributed by atoms with Gasteiger partial charge in [-0.3, -0.25) is 9.36 Å². The van der Waals surface area contributed by atoms with Crippen molar-refractivity contribution in [1.29, 1.82) is 0 Å². The first-order chi connectivity index (χ1) is 16.2. The van der Waals surface area contributed by atoms with Gasteiger partial charge in [0.2, 0.25) is 5.82 Å². The third-order valence-electron chi connectivity index (χ3n) is 5.30. The summed E-state index contributed by atoms with van der Waals surface area (Å²) in [5.41, 5.74) is 1.04. The lowest BCUT2D eigenvalue weighted by Crippen LogP contribution is -2.26. The zero-order chi connectivity index (χ0) is 24.6. The minimum absolute atomic E-state index is 0.0988. The Morgan fingerprint density at radius 1 is 1.21 bits per heavy atom. The Labute approximate surface area is 203 Å². The van der Waals surface area contributed by atoms with Crippen molar-refractivity contribution in [1.82, 2.24) is 14.8 Å². The van der Waals surface area contributed by atoms with Gasteiger partial charge in [0.15, 0.2) is 5.82 Å². The van der Waals surface area contributed by atoms with E-state index in [-0.39, 0.29) is 16.5 Å². The van der Waals surface area contributed by atoms with Gasteiger partial charge in [-0.2, -0.15) is 8.78 Å². The van der Waals surface area contributed by atoms with E-state index in [9.17, 15) is 18.7 Å². The van der Waals surface area contributed by atoms with Crippen LogP contribution in [0.15, 0.2) is 36.4 Å². The Morgan fingerprint density at radius 2 is 1.97 bits per heavy atom. The van der Waals surface area contributed by atoms with Gasteiger partial charge >= 0.3 is 11.9 Å². The third-order valence-corrected chi connectivity index (χ3v) is 5.94. The fourth-order valence-electron chi connectivity index (χ4n) is 3.89. The van der Waals surface area contributed by atoms with Crippen LogP contribution in [-0.2, 0) is 20.2 Å². The standard InChI is InChI=1S/C22H19Cl2F2N3O5/c1-32-10-22(25,26)21-28-27-20-16(9-17(30)31)34-19(12-4-3-5-15(33-2)18(12)24)13-8-11(23)6-7-14(13)29(20)21/h3-8,16,19H,9-10H2,1-2H3,(H,30,31)/t16-,19-/m1/s1. The number of fused-ring (bicyclic) bond motifs is 3. The maximum atomic E-state index is 15.0. The molecule has 34 heavy (non-hydrogen) atoms. The van der Waals surface area contributed by atoms with Gasteiger partial charge in [-0.1, -0.05) is 35.3 Å². The number of methoxy groups -OCH3 is 2. The van der Waals surface area contributed by atoms with E-state index in [1.165, 1.54) is 19.2 Å². The molecule has 0 saturated heterocycles. The first-order valence-corrected chi connectivity index (χ1v) is 10.8. The molecule has 1 aliphatic rings. The van der Waals surface area contributed by atoms with Gasteiger partial charge in [0.25, 0.3) is 0 Å². The summed E-state index contributed by atoms with van der Waals surface area (Å²) in [5, 5.41) is 17.6. The monoisotopic (exact) mass is 513 g/mol. The van der Waals surface area contributed by atoms with E-state index >= 15 is 0 Å². The van der Waals surface area contributed by atoms with Gasteiger partial charge in [0.1, 0.15) is 24.6 Å². The van der Waals surface area contributed by atoms with Crippen molar-refractivity contribution < 1.29 is 32.9 Å². The second kappa shape index (κ2) is 9.46. The van der Waals surface area contributed by atoms with Crippen molar-refractivity contribution in [2.75, 3.05) is 20.8 Å². The van der Waals surface area contributed by atoms with E-state index in [0.29, 0.717) is 21.9 Å². The lowest BCUT2D eigenvalue weighted by Gasteiger charge is -2.23. The normalized spacial score (nSPS) is 17.6. The largest absolute Gasteiger partial charge is 0.495 e. The van der Waals surface area contributed by atoms with Crippen molar-refractivity contribution in [2.24, 2.45) is 0 Å². The highest BCUT2D eigenvalue weighted by Crippen LogP contribution is 2.46. The van der Waals surface area contributed by atoms with E-state index in [4.69, 9.17) is 32.7 Å². The predicted molar refractivity (Wildman–Crippen MR) is 118 cm³/mol. The summed E-state index contributed by atoms with van der Waals surface area (Å²) in [6.07, 6.45) is -2.78. The number of carboxylic acid groups (broad SMARTS) is 1. The first-order valence-electron chi connectivity index (χ1n) is 10.00. The molecule has 0 fully saturated rings. The Kier molecular flexibility index (Phi) is 6.77. The highest BCUT2D eigenvalue weighted by Gasteiger charge is 2.43. The van der Waals surface area contributed by atoms with Gasteiger partial charge in [-0.15, -0.1) is 10.2 Å². The van der Waals surface area contributed by atoms with E-state index in [0.717, 1.165) is 11.7 Å². The van der Waals surface area contributed by atoms with Gasteiger partial charge in [-0.25, -0.2) is 0 Å². The number of aliphatic carboxylic acids is 1. The highest BCUT2D eigenvalue weighted by molar-refractivity contribution is 6.33. The summed E-state index contributed by atoms with van der Waals surface area (Å²) in [7, 11) is 2.58. The quantitative estimate of drug-likeness (QED) is 0.477. The lowest BCUT2D eigenvalue weighted by molar-refractivity contribution is -0.141. The number of aromatic nitrogens is 3. The van der Waals surface area contributed by atoms with Crippen LogP contribution >= 0.6 is 23.2 Å². The minimum atomic E-state index is -3.53. The van der Waals surface area contributed by atoms with Gasteiger partial charge in [0, 0.05) is 23.3 Å². The number of nitrogens with zero attached hydrogens (tertiary/aromatic N) is 3. The smallest absolute Gasteiger partial charge is 0.329 e. The van der Waals surface area contributed by atoms with Gasteiger partial charge in [0.05, 0.1) is 24.2 Å². The van der Waals surface area contributed by atoms with Crippen LogP contribution < -0.4 is 4.74 Å². The maximum absolute atomic E-state index is 15.0. The van der Waals surface area contributed by atoms with E-state index in [2.05, 4.69) is 14.9 Å². The van der Waals surface area contributed by atoms with Crippen molar-refractivity contribution >= 4 is 29.2 Å². The zero-order valence-electron chi connectivity index (χ0n) is 18.0. The van der Waals surface area contributed by atoms with Crippen molar-refractivity contribution in [3.05, 3.63) is 69.2 Å². The van der Waals surface area contributed by atoms with E-state index < -0.39 is 43.0 Å². The Bertz CT molecular complexity index is 1240. The molecule has 3 aromatic rings. The molecule has 0 aliphatic carbocycles. The van der Waals surface area contributed by atoms with E-state index in [1.54, 1.807) is 24.3 Å². The number of ether oxygens (including phenoxy) is 3. The molecule has 1 aromatic heterocycles. The third kappa shape index (κ3) is 4.34. The Morgan fingerprint density at radius 3 is 2.65 bits per heavy atom. The molecule has 1 N–H and O–H groups in total. The fourth-order valence-corrected chi connectivity index (χ4v) is 4.37. The summed E-state index contributed by atoms with van der Waals surface area (Å²) >= 11 is 12.8. The number of alkyl halides is 2. The summed E-state index contributed by atoms with van der Waals surface area (Å²) in [6, 6.07) is 9.58. The Hall–Kier alpha value is -2.79. The van der Waals surface area contributed by atoms with Crippen molar-refractivity contribution in [2.45, 2.75) is 24.6 Å². The number of carbonyl (C=O) groups is 1. The molecule has 4 rings (SSSR count). The van der Waals surface area contributed by atoms with E-state index in [1.807, 2.05) is 0 Å². The number of halogens is 4. The zero-order valence-corrected chi connectivity index (χ0v) is 19.5. The molecule has 180 valence electrons. The topological polar surface area (TPSA) is 95.7 Å². The van der Waals surface area contributed by atoms with Crippen molar-refractivity contribution in [3.63, 3.8) is 0 Å². The molecule has 0 unspecified atom stereocenters. The van der Waals surface area contributed by atoms with Crippen LogP contribution in [0.4, 0.5) is 8.78 Å². The molecule has 2 aromatic carbocycles. The summed E-state index contributed by atoms with van der Waals surface area (Å²) in [6.45, 7) is -0.955. The molecule has 0 radical (unpaired) electrons. The molecule has 0 spiro atoms. The lowest BCUT2D eigenvalue weighted by atomic mass is 9.99. The Balaban J connectivity index is 2.01. The number of hydrogen-bond donors (Lipinski definition) is 1. The number of rotatable bonds is 7. The van der Waals surface area contributed by atoms with Gasteiger partial charge in [-0.05, 0) is 24.3 Å². The molecule has 0 amide bonds. The van der Waals surface area contributed by atoms with Crippen LogP contribution in [0.2, 0.25) is 10.0 Å². The number of hydrogen-bond acceptors (Lipinski definition) is 6. The minimum Gasteiger partial charge on any atom is -0.495 e. The van der Waals surface area contributed by atoms with Crippen LogP contribution in [0, 0.1) is 0 Å². The van der Waals surface area contributed by atoms with Crippen LogP contribution in [0.3, 0.4) is 0 Å². The second-order valence-corrected chi connectivity index (χ2v) is 8.34. The van der Waals surface area contributed by atoms with Crippen LogP contribution in [0.25, 0.3) is 5.69 Å². The number of benzene rings is 2. The predicted octanol–water partition coefficient (Wildman–Crippen LogP) is 4.96. The molecule has 2 heterocycles. The average Bonchev–Trinajstić information content (AvgIpc) is 3.18. The van der Waals surface area contributed by atoms with Crippen molar-refractivity contribution in [3.8, 4) is 11.4 Å². The molecular weight excluding hydrogens is 495 g/mol. The molecule has 12 heteroatoms.